The van der Waals surface area contributed by atoms with E-state index in [0.29, 0.717) is 0 Å². The van der Waals surface area contributed by atoms with Crippen molar-refractivity contribution in [2.45, 2.75) is 0 Å². The lowest BCUT2D eigenvalue weighted by Gasteiger charge is -2.20. The highest BCUT2D eigenvalue weighted by atomic mass is 32.1. The third-order valence-electron chi connectivity index (χ3n) is 2.74. The first-order valence-electron chi connectivity index (χ1n) is 5.28. The second-order valence-electron chi connectivity index (χ2n) is 3.64. The highest BCUT2D eigenvalue weighted by Crippen LogP contribution is 2.32. The summed E-state index contributed by atoms with van der Waals surface area (Å²) in [7, 11) is 3.86. The summed E-state index contributed by atoms with van der Waals surface area (Å²) < 4.78 is 0. The molecular formula is C13H13N3S. The van der Waals surface area contributed by atoms with E-state index in [1.54, 1.807) is 0 Å². The molecule has 3 nitrogen and oxygen atoms in total. The number of nitrogens with zero attached hydrogens (tertiary/aromatic N) is 2. The summed E-state index contributed by atoms with van der Waals surface area (Å²) in [6.07, 6.45) is 0. The summed E-state index contributed by atoms with van der Waals surface area (Å²) in [4.78, 5) is 4.09. The maximum atomic E-state index is 4.66. The molecule has 0 spiro atoms. The van der Waals surface area contributed by atoms with Crippen molar-refractivity contribution >= 4 is 39.5 Å². The van der Waals surface area contributed by atoms with Crippen molar-refractivity contribution in [1.82, 2.24) is 5.43 Å². The quantitative estimate of drug-likeness (QED) is 0.510. The maximum Gasteiger partial charge on any atom is 0.0819 e. The summed E-state index contributed by atoms with van der Waals surface area (Å²) in [6.45, 7) is 0. The number of thiocarbonyl (C=S) groups is 1. The Morgan fingerprint density at radius 3 is 2.53 bits per heavy atom. The van der Waals surface area contributed by atoms with Gasteiger partial charge in [0.05, 0.1) is 16.5 Å². The summed E-state index contributed by atoms with van der Waals surface area (Å²) >= 11 is 4.66. The van der Waals surface area contributed by atoms with Gasteiger partial charge >= 0.3 is 0 Å². The normalized spacial score (nSPS) is 10.0. The molecule has 0 aromatic heterocycles. The van der Waals surface area contributed by atoms with E-state index in [9.17, 15) is 0 Å². The van der Waals surface area contributed by atoms with Gasteiger partial charge in [0, 0.05) is 24.9 Å². The standard InChI is InChI=1S/C13H13N3S/c1-14-16(2)13-8-7-12(15-9-17)10-5-3-4-6-11(10)13/h3-8,14H,1-2H3. The molecule has 0 aliphatic heterocycles. The fourth-order valence-electron chi connectivity index (χ4n) is 1.83. The molecule has 0 heterocycles. The lowest BCUT2D eigenvalue weighted by molar-refractivity contribution is 0.795. The minimum absolute atomic E-state index is 0.851. The van der Waals surface area contributed by atoms with Gasteiger partial charge in [0.2, 0.25) is 0 Å². The Bertz CT molecular complexity index is 588. The van der Waals surface area contributed by atoms with Crippen molar-refractivity contribution in [2.75, 3.05) is 19.1 Å². The Morgan fingerprint density at radius 2 is 1.88 bits per heavy atom. The van der Waals surface area contributed by atoms with Crippen molar-refractivity contribution < 1.29 is 0 Å². The zero-order chi connectivity index (χ0) is 12.3. The van der Waals surface area contributed by atoms with E-state index in [-0.39, 0.29) is 0 Å². The van der Waals surface area contributed by atoms with Crippen LogP contribution in [0.3, 0.4) is 0 Å². The van der Waals surface area contributed by atoms with Crippen LogP contribution < -0.4 is 10.4 Å². The Morgan fingerprint density at radius 1 is 1.18 bits per heavy atom. The van der Waals surface area contributed by atoms with E-state index in [0.717, 1.165) is 22.1 Å². The summed E-state index contributed by atoms with van der Waals surface area (Å²) in [6, 6.07) is 12.1. The first-order chi connectivity index (χ1) is 8.27. The maximum absolute atomic E-state index is 4.66. The number of anilines is 1. The average Bonchev–Trinajstić information content (AvgIpc) is 2.38. The van der Waals surface area contributed by atoms with Crippen LogP contribution in [0.15, 0.2) is 41.4 Å². The molecule has 0 aliphatic carbocycles. The largest absolute Gasteiger partial charge is 0.311 e. The van der Waals surface area contributed by atoms with Gasteiger partial charge in [-0.1, -0.05) is 24.3 Å². The molecule has 0 amide bonds. The fraction of sp³-hybridized carbons (Fsp3) is 0.154. The molecule has 17 heavy (non-hydrogen) atoms. The highest BCUT2D eigenvalue weighted by Gasteiger charge is 2.07. The van der Waals surface area contributed by atoms with Crippen LogP contribution in [0.25, 0.3) is 10.8 Å². The van der Waals surface area contributed by atoms with Gasteiger partial charge in [-0.3, -0.25) is 0 Å². The Labute approximate surface area is 106 Å². The van der Waals surface area contributed by atoms with Gasteiger partial charge in [-0.05, 0) is 24.4 Å². The summed E-state index contributed by atoms with van der Waals surface area (Å²) in [5, 5.41) is 6.59. The predicted octanol–water partition coefficient (Wildman–Crippen LogP) is 3.14. The van der Waals surface area contributed by atoms with Gasteiger partial charge < -0.3 is 5.01 Å². The van der Waals surface area contributed by atoms with Crippen molar-refractivity contribution in [1.29, 1.82) is 0 Å². The van der Waals surface area contributed by atoms with Crippen LogP contribution in [0.5, 0.6) is 0 Å². The minimum atomic E-state index is 0.851. The smallest absolute Gasteiger partial charge is 0.0819 e. The van der Waals surface area contributed by atoms with Crippen molar-refractivity contribution in [3.63, 3.8) is 0 Å². The van der Waals surface area contributed by atoms with Crippen molar-refractivity contribution in [3.8, 4) is 0 Å². The van der Waals surface area contributed by atoms with Crippen molar-refractivity contribution in [2.24, 2.45) is 4.99 Å². The molecule has 0 bridgehead atoms. The van der Waals surface area contributed by atoms with Crippen LogP contribution in [0.2, 0.25) is 0 Å². The van der Waals surface area contributed by atoms with Crippen LogP contribution in [0.4, 0.5) is 11.4 Å². The van der Waals surface area contributed by atoms with E-state index in [1.807, 2.05) is 49.4 Å². The van der Waals surface area contributed by atoms with Crippen LogP contribution in [-0.2, 0) is 0 Å². The lowest BCUT2D eigenvalue weighted by Crippen LogP contribution is -2.30. The molecule has 0 saturated carbocycles. The SMILES string of the molecule is CNN(C)c1ccc(N=C=S)c2ccccc12. The predicted molar refractivity (Wildman–Crippen MR) is 76.1 cm³/mol. The van der Waals surface area contributed by atoms with Gasteiger partial charge in [0.25, 0.3) is 0 Å². The second-order valence-corrected chi connectivity index (χ2v) is 3.82. The molecule has 1 N–H and O–H groups in total. The third-order valence-corrected chi connectivity index (χ3v) is 2.83. The van der Waals surface area contributed by atoms with Gasteiger partial charge in [-0.2, -0.15) is 4.99 Å². The first kappa shape index (κ1) is 11.7. The Balaban J connectivity index is 2.74. The molecular weight excluding hydrogens is 230 g/mol. The Hall–Kier alpha value is -1.74. The van der Waals surface area contributed by atoms with E-state index in [1.165, 1.54) is 0 Å². The molecule has 2 aromatic carbocycles. The number of hydrogen-bond acceptors (Lipinski definition) is 4. The third kappa shape index (κ3) is 2.19. The minimum Gasteiger partial charge on any atom is -0.311 e. The number of aliphatic imine (C=N–C) groups is 1. The van der Waals surface area contributed by atoms with Crippen LogP contribution in [-0.4, -0.2) is 19.3 Å². The monoisotopic (exact) mass is 243 g/mol. The summed E-state index contributed by atoms with van der Waals surface area (Å²) in [5.41, 5.74) is 5.05. The zero-order valence-corrected chi connectivity index (χ0v) is 10.6. The number of benzene rings is 2. The number of hydrogen-bond donors (Lipinski definition) is 1. The van der Waals surface area contributed by atoms with Crippen molar-refractivity contribution in [3.05, 3.63) is 36.4 Å². The topological polar surface area (TPSA) is 27.6 Å². The molecule has 0 fully saturated rings. The van der Waals surface area contributed by atoms with E-state index < -0.39 is 0 Å². The van der Waals surface area contributed by atoms with E-state index in [4.69, 9.17) is 0 Å². The molecule has 0 atom stereocenters. The van der Waals surface area contributed by atoms with Gasteiger partial charge in [0.15, 0.2) is 0 Å². The molecule has 86 valence electrons. The molecule has 0 saturated heterocycles. The molecule has 2 rings (SSSR count). The first-order valence-corrected chi connectivity index (χ1v) is 5.69. The number of nitrogens with one attached hydrogen (secondary N) is 1. The van der Waals surface area contributed by atoms with Gasteiger partial charge in [-0.15, -0.1) is 0 Å². The number of isothiocyanates is 1. The lowest BCUT2D eigenvalue weighted by atomic mass is 10.1. The summed E-state index contributed by atoms with van der Waals surface area (Å²) in [5.74, 6) is 0. The average molecular weight is 243 g/mol. The fourth-order valence-corrected chi connectivity index (χ4v) is 1.93. The number of fused-ring (bicyclic) bond motifs is 1. The highest BCUT2D eigenvalue weighted by molar-refractivity contribution is 7.78. The molecule has 0 aliphatic rings. The molecule has 4 heteroatoms. The molecule has 0 unspecified atom stereocenters. The molecule has 0 radical (unpaired) electrons. The van der Waals surface area contributed by atoms with E-state index in [2.05, 4.69) is 33.9 Å². The second kappa shape index (κ2) is 5.06. The van der Waals surface area contributed by atoms with Crippen LogP contribution >= 0.6 is 12.2 Å². The van der Waals surface area contributed by atoms with E-state index >= 15 is 0 Å². The number of rotatable bonds is 3. The molecule has 2 aromatic rings. The Kier molecular flexibility index (Phi) is 3.49. The van der Waals surface area contributed by atoms with Gasteiger partial charge in [0.1, 0.15) is 0 Å². The van der Waals surface area contributed by atoms with Crippen LogP contribution in [0, 0.1) is 0 Å². The number of hydrazine groups is 1. The zero-order valence-electron chi connectivity index (χ0n) is 9.77. The van der Waals surface area contributed by atoms with Crippen LogP contribution in [0.1, 0.15) is 0 Å². The van der Waals surface area contributed by atoms with Gasteiger partial charge in [-0.25, -0.2) is 5.43 Å².